The van der Waals surface area contributed by atoms with E-state index in [2.05, 4.69) is 14.5 Å². The monoisotopic (exact) mass is 326 g/mol. The molecule has 0 aromatic heterocycles. The van der Waals surface area contributed by atoms with Gasteiger partial charge in [0.25, 0.3) is 5.69 Å². The van der Waals surface area contributed by atoms with E-state index in [1.54, 1.807) is 0 Å². The summed E-state index contributed by atoms with van der Waals surface area (Å²) in [4.78, 5) is 14.7. The number of nitro groups is 1. The average Bonchev–Trinajstić information content (AvgIpc) is 2.54. The highest BCUT2D eigenvalue weighted by Gasteiger charge is 2.32. The lowest BCUT2D eigenvalue weighted by Crippen LogP contribution is -2.63. The second-order valence-corrected chi connectivity index (χ2v) is 7.36. The van der Waals surface area contributed by atoms with Gasteiger partial charge in [0, 0.05) is 57.4 Å². The smallest absolute Gasteiger partial charge is 0.269 e. The highest BCUT2D eigenvalue weighted by atomic mass is 32.2. The van der Waals surface area contributed by atoms with Gasteiger partial charge < -0.3 is 0 Å². The van der Waals surface area contributed by atoms with E-state index in [-0.39, 0.29) is 16.6 Å². The summed E-state index contributed by atoms with van der Waals surface area (Å²) in [5.74, 6) is 0. The number of fused-ring (bicyclic) bond motifs is 3. The summed E-state index contributed by atoms with van der Waals surface area (Å²) in [6.45, 7) is 5.28. The Bertz CT molecular complexity index is 653. The van der Waals surface area contributed by atoms with Crippen molar-refractivity contribution in [2.75, 3.05) is 39.3 Å². The van der Waals surface area contributed by atoms with E-state index in [4.69, 9.17) is 0 Å². The summed E-state index contributed by atoms with van der Waals surface area (Å²) in [5, 5.41) is 10.6. The zero-order chi connectivity index (χ0) is 15.7. The first kappa shape index (κ1) is 15.3. The summed E-state index contributed by atoms with van der Waals surface area (Å²) in [5.41, 5.74) is -0.123. The summed E-state index contributed by atoms with van der Waals surface area (Å²) in [7, 11) is -3.64. The molecule has 4 rings (SSSR count). The summed E-state index contributed by atoms with van der Waals surface area (Å²) in [6, 6.07) is 5.11. The number of hydrogen-bond acceptors (Lipinski definition) is 6. The van der Waals surface area contributed by atoms with Crippen LogP contribution in [0, 0.1) is 10.1 Å². The molecule has 1 atom stereocenters. The Morgan fingerprint density at radius 2 is 1.82 bits per heavy atom. The van der Waals surface area contributed by atoms with Gasteiger partial charge in [0.15, 0.2) is 0 Å². The van der Waals surface area contributed by atoms with E-state index >= 15 is 0 Å². The minimum atomic E-state index is -3.64. The number of hydrogen-bond donors (Lipinski definition) is 1. The summed E-state index contributed by atoms with van der Waals surface area (Å²) >= 11 is 0. The number of nitrogens with zero attached hydrogens (tertiary/aromatic N) is 3. The van der Waals surface area contributed by atoms with Crippen LogP contribution in [0.15, 0.2) is 29.2 Å². The predicted octanol–water partition coefficient (Wildman–Crippen LogP) is -0.127. The van der Waals surface area contributed by atoms with Gasteiger partial charge in [-0.15, -0.1) is 0 Å². The first-order chi connectivity index (χ1) is 10.5. The molecule has 1 N–H and O–H groups in total. The molecule has 1 unspecified atom stereocenters. The van der Waals surface area contributed by atoms with Gasteiger partial charge in [-0.25, -0.2) is 13.1 Å². The first-order valence-electron chi connectivity index (χ1n) is 7.16. The lowest BCUT2D eigenvalue weighted by molar-refractivity contribution is -0.384. The van der Waals surface area contributed by atoms with Crippen LogP contribution in [0.25, 0.3) is 0 Å². The molecule has 22 heavy (non-hydrogen) atoms. The number of sulfonamides is 1. The zero-order valence-electron chi connectivity index (χ0n) is 12.0. The summed E-state index contributed by atoms with van der Waals surface area (Å²) < 4.78 is 27.1. The van der Waals surface area contributed by atoms with E-state index in [1.165, 1.54) is 24.3 Å². The number of nitrogens with one attached hydrogen (secondary N) is 1. The quantitative estimate of drug-likeness (QED) is 0.598. The molecule has 3 heterocycles. The molecule has 1 aromatic carbocycles. The fourth-order valence-corrected chi connectivity index (χ4v) is 4.03. The van der Waals surface area contributed by atoms with Crippen LogP contribution < -0.4 is 4.72 Å². The van der Waals surface area contributed by atoms with E-state index in [0.717, 1.165) is 32.7 Å². The molecule has 0 aliphatic carbocycles. The molecule has 0 amide bonds. The number of nitro benzene ring substituents is 1. The molecule has 0 saturated carbocycles. The third kappa shape index (κ3) is 3.12. The van der Waals surface area contributed by atoms with Crippen molar-refractivity contribution in [3.8, 4) is 0 Å². The molecule has 9 heteroatoms. The van der Waals surface area contributed by atoms with Gasteiger partial charge in [-0.2, -0.15) is 0 Å². The topological polar surface area (TPSA) is 95.8 Å². The van der Waals surface area contributed by atoms with Crippen molar-refractivity contribution >= 4 is 15.7 Å². The van der Waals surface area contributed by atoms with Crippen LogP contribution >= 0.6 is 0 Å². The standard InChI is InChI=1S/C13H18N4O4S/c18-17(19)11-1-3-13(4-2-11)22(20,21)14-9-12-10-15-5-7-16(12)8-6-15/h1-4,12,14H,5-10H2. The molecule has 3 aliphatic rings. The molecular weight excluding hydrogens is 308 g/mol. The SMILES string of the molecule is O=[N+]([O-])c1ccc(S(=O)(=O)NCC2CN3CCN2CC3)cc1. The van der Waals surface area contributed by atoms with Crippen LogP contribution in [0.4, 0.5) is 5.69 Å². The van der Waals surface area contributed by atoms with Gasteiger partial charge in [0.05, 0.1) is 9.82 Å². The Kier molecular flexibility index (Phi) is 4.13. The largest absolute Gasteiger partial charge is 0.299 e. The number of piperazine rings is 3. The van der Waals surface area contributed by atoms with Crippen molar-refractivity contribution in [3.63, 3.8) is 0 Å². The number of non-ortho nitro benzene ring substituents is 1. The van der Waals surface area contributed by atoms with E-state index in [0.29, 0.717) is 6.54 Å². The third-order valence-corrected chi connectivity index (χ3v) is 5.70. The molecule has 0 radical (unpaired) electrons. The minimum Gasteiger partial charge on any atom is -0.299 e. The minimum absolute atomic E-state index is 0.0503. The molecule has 0 spiro atoms. The Hall–Kier alpha value is -1.55. The van der Waals surface area contributed by atoms with E-state index in [1.807, 2.05) is 0 Å². The molecule has 1 aromatic rings. The Labute approximate surface area is 128 Å². The molecule has 3 aliphatic heterocycles. The van der Waals surface area contributed by atoms with Gasteiger partial charge in [-0.3, -0.25) is 19.9 Å². The summed E-state index contributed by atoms with van der Waals surface area (Å²) in [6.07, 6.45) is 0. The fourth-order valence-electron chi connectivity index (χ4n) is 2.95. The van der Waals surface area contributed by atoms with Gasteiger partial charge in [0.2, 0.25) is 10.0 Å². The molecule has 8 nitrogen and oxygen atoms in total. The zero-order valence-corrected chi connectivity index (χ0v) is 12.8. The van der Waals surface area contributed by atoms with Gasteiger partial charge in [-0.05, 0) is 12.1 Å². The van der Waals surface area contributed by atoms with Crippen molar-refractivity contribution in [3.05, 3.63) is 34.4 Å². The lowest BCUT2D eigenvalue weighted by atomic mass is 10.1. The maximum Gasteiger partial charge on any atom is 0.269 e. The van der Waals surface area contributed by atoms with Crippen LogP contribution in [-0.2, 0) is 10.0 Å². The van der Waals surface area contributed by atoms with Crippen molar-refractivity contribution in [2.24, 2.45) is 0 Å². The van der Waals surface area contributed by atoms with Gasteiger partial charge >= 0.3 is 0 Å². The normalized spacial score (nSPS) is 27.7. The van der Waals surface area contributed by atoms with Crippen molar-refractivity contribution in [2.45, 2.75) is 10.9 Å². The molecular formula is C13H18N4O4S. The van der Waals surface area contributed by atoms with Crippen LogP contribution in [0.3, 0.4) is 0 Å². The maximum atomic E-state index is 12.2. The highest BCUT2D eigenvalue weighted by Crippen LogP contribution is 2.18. The maximum absolute atomic E-state index is 12.2. The molecule has 120 valence electrons. The molecule has 3 saturated heterocycles. The van der Waals surface area contributed by atoms with E-state index in [9.17, 15) is 18.5 Å². The van der Waals surface area contributed by atoms with Gasteiger partial charge in [0.1, 0.15) is 0 Å². The van der Waals surface area contributed by atoms with Crippen LogP contribution in [0.1, 0.15) is 0 Å². The van der Waals surface area contributed by atoms with Gasteiger partial charge in [-0.1, -0.05) is 0 Å². The van der Waals surface area contributed by atoms with Crippen LogP contribution in [0.2, 0.25) is 0 Å². The molecule has 2 bridgehead atoms. The third-order valence-electron chi connectivity index (χ3n) is 4.26. The Morgan fingerprint density at radius 3 is 2.32 bits per heavy atom. The van der Waals surface area contributed by atoms with Crippen LogP contribution in [-0.4, -0.2) is 68.5 Å². The number of benzene rings is 1. The van der Waals surface area contributed by atoms with Crippen molar-refractivity contribution in [1.82, 2.24) is 14.5 Å². The first-order valence-corrected chi connectivity index (χ1v) is 8.64. The second kappa shape index (κ2) is 5.92. The van der Waals surface area contributed by atoms with Crippen molar-refractivity contribution in [1.29, 1.82) is 0 Å². The average molecular weight is 326 g/mol. The van der Waals surface area contributed by atoms with Crippen molar-refractivity contribution < 1.29 is 13.3 Å². The number of rotatable bonds is 5. The fraction of sp³-hybridized carbons (Fsp3) is 0.538. The molecule has 3 fully saturated rings. The van der Waals surface area contributed by atoms with Crippen LogP contribution in [0.5, 0.6) is 0 Å². The Morgan fingerprint density at radius 1 is 1.18 bits per heavy atom. The van der Waals surface area contributed by atoms with E-state index < -0.39 is 14.9 Å². The second-order valence-electron chi connectivity index (χ2n) is 5.59. The predicted molar refractivity (Wildman–Crippen MR) is 80.1 cm³/mol. The Balaban J connectivity index is 1.64. The lowest BCUT2D eigenvalue weighted by Gasteiger charge is -2.47. The highest BCUT2D eigenvalue weighted by molar-refractivity contribution is 7.89.